The maximum absolute atomic E-state index is 5.23. The summed E-state index contributed by atoms with van der Waals surface area (Å²) < 4.78 is 5.23. The fourth-order valence-electron chi connectivity index (χ4n) is 1.70. The molecule has 0 saturated carbocycles. The third kappa shape index (κ3) is 1.49. The van der Waals surface area contributed by atoms with Gasteiger partial charge in [0.2, 0.25) is 11.7 Å². The van der Waals surface area contributed by atoms with Crippen LogP contribution in [0.1, 0.15) is 18.7 Å². The van der Waals surface area contributed by atoms with Crippen molar-refractivity contribution in [1.29, 1.82) is 0 Å². The highest BCUT2D eigenvalue weighted by Crippen LogP contribution is 2.26. The van der Waals surface area contributed by atoms with Crippen LogP contribution in [0.25, 0.3) is 11.6 Å². The van der Waals surface area contributed by atoms with Crippen LogP contribution in [0.15, 0.2) is 10.9 Å². The Morgan fingerprint density at radius 2 is 2.38 bits per heavy atom. The SMILES string of the molecule is CC(c1nc(-c2ncn[nH]2)no1)C1CNC1. The zero-order valence-electron chi connectivity index (χ0n) is 8.84. The smallest absolute Gasteiger partial charge is 0.239 e. The van der Waals surface area contributed by atoms with Crippen LogP contribution in [0.5, 0.6) is 0 Å². The van der Waals surface area contributed by atoms with Crippen LogP contribution in [-0.2, 0) is 0 Å². The number of aromatic nitrogens is 5. The van der Waals surface area contributed by atoms with Gasteiger partial charge in [0.15, 0.2) is 5.82 Å². The van der Waals surface area contributed by atoms with Crippen LogP contribution in [0, 0.1) is 5.92 Å². The molecule has 7 heteroatoms. The molecule has 16 heavy (non-hydrogen) atoms. The second-order valence-corrected chi connectivity index (χ2v) is 4.00. The first-order valence-electron chi connectivity index (χ1n) is 5.24. The maximum atomic E-state index is 5.23. The van der Waals surface area contributed by atoms with Crippen molar-refractivity contribution >= 4 is 0 Å². The van der Waals surface area contributed by atoms with Crippen LogP contribution < -0.4 is 5.32 Å². The van der Waals surface area contributed by atoms with Crippen molar-refractivity contribution in [3.05, 3.63) is 12.2 Å². The van der Waals surface area contributed by atoms with Gasteiger partial charge >= 0.3 is 0 Å². The summed E-state index contributed by atoms with van der Waals surface area (Å²) in [5.74, 6) is 2.53. The molecule has 1 fully saturated rings. The predicted octanol–water partition coefficient (Wildman–Crippen LogP) is 0.178. The summed E-state index contributed by atoms with van der Waals surface area (Å²) in [5, 5.41) is 13.6. The highest BCUT2D eigenvalue weighted by Gasteiger charge is 2.29. The van der Waals surface area contributed by atoms with E-state index >= 15 is 0 Å². The molecule has 3 rings (SSSR count). The Bertz CT molecular complexity index is 460. The van der Waals surface area contributed by atoms with Gasteiger partial charge in [0.25, 0.3) is 0 Å². The fraction of sp³-hybridized carbons (Fsp3) is 0.556. The summed E-state index contributed by atoms with van der Waals surface area (Å²) >= 11 is 0. The second kappa shape index (κ2) is 3.67. The van der Waals surface area contributed by atoms with Crippen molar-refractivity contribution in [1.82, 2.24) is 30.6 Å². The molecule has 84 valence electrons. The normalized spacial score (nSPS) is 18.3. The first-order valence-corrected chi connectivity index (χ1v) is 5.24. The number of aromatic amines is 1. The van der Waals surface area contributed by atoms with E-state index in [1.165, 1.54) is 6.33 Å². The first kappa shape index (κ1) is 9.46. The van der Waals surface area contributed by atoms with E-state index in [9.17, 15) is 0 Å². The van der Waals surface area contributed by atoms with Crippen molar-refractivity contribution in [2.45, 2.75) is 12.8 Å². The lowest BCUT2D eigenvalue weighted by Crippen LogP contribution is -2.44. The van der Waals surface area contributed by atoms with Gasteiger partial charge in [0, 0.05) is 5.92 Å². The fourth-order valence-corrected chi connectivity index (χ4v) is 1.70. The molecule has 3 heterocycles. The molecular weight excluding hydrogens is 208 g/mol. The van der Waals surface area contributed by atoms with Crippen molar-refractivity contribution in [2.75, 3.05) is 13.1 Å². The average Bonchev–Trinajstić information content (AvgIpc) is 2.86. The Kier molecular flexibility index (Phi) is 2.17. The largest absolute Gasteiger partial charge is 0.339 e. The van der Waals surface area contributed by atoms with Crippen molar-refractivity contribution in [2.24, 2.45) is 5.92 Å². The molecular formula is C9H12N6O. The monoisotopic (exact) mass is 220 g/mol. The van der Waals surface area contributed by atoms with Crippen molar-refractivity contribution in [3.63, 3.8) is 0 Å². The van der Waals surface area contributed by atoms with Gasteiger partial charge in [-0.1, -0.05) is 12.1 Å². The Hall–Kier alpha value is -1.76. The van der Waals surface area contributed by atoms with E-state index in [0.29, 0.717) is 23.5 Å². The molecule has 1 aliphatic rings. The predicted molar refractivity (Wildman–Crippen MR) is 54.4 cm³/mol. The van der Waals surface area contributed by atoms with Gasteiger partial charge in [0.05, 0.1) is 0 Å². The lowest BCUT2D eigenvalue weighted by Gasteiger charge is -2.30. The Balaban J connectivity index is 1.82. The molecule has 0 spiro atoms. The van der Waals surface area contributed by atoms with Crippen LogP contribution >= 0.6 is 0 Å². The highest BCUT2D eigenvalue weighted by molar-refractivity contribution is 5.39. The molecule has 2 aromatic rings. The van der Waals surface area contributed by atoms with Crippen LogP contribution in [0.2, 0.25) is 0 Å². The van der Waals surface area contributed by atoms with Crippen LogP contribution in [-0.4, -0.2) is 38.4 Å². The van der Waals surface area contributed by atoms with Gasteiger partial charge in [-0.3, -0.25) is 5.10 Å². The lowest BCUT2D eigenvalue weighted by molar-refractivity contribution is 0.252. The van der Waals surface area contributed by atoms with Gasteiger partial charge < -0.3 is 9.84 Å². The van der Waals surface area contributed by atoms with Crippen molar-refractivity contribution < 1.29 is 4.52 Å². The van der Waals surface area contributed by atoms with E-state index in [2.05, 4.69) is 37.6 Å². The third-order valence-corrected chi connectivity index (χ3v) is 2.98. The summed E-state index contributed by atoms with van der Waals surface area (Å²) in [6.07, 6.45) is 1.42. The maximum Gasteiger partial charge on any atom is 0.239 e. The van der Waals surface area contributed by atoms with E-state index in [1.807, 2.05) is 0 Å². The van der Waals surface area contributed by atoms with E-state index in [0.717, 1.165) is 13.1 Å². The van der Waals surface area contributed by atoms with Gasteiger partial charge in [-0.2, -0.15) is 10.1 Å². The van der Waals surface area contributed by atoms with Crippen LogP contribution in [0.4, 0.5) is 0 Å². The molecule has 0 amide bonds. The summed E-state index contributed by atoms with van der Waals surface area (Å²) in [7, 11) is 0. The van der Waals surface area contributed by atoms with E-state index < -0.39 is 0 Å². The number of hydrogen-bond donors (Lipinski definition) is 2. The molecule has 1 aliphatic heterocycles. The standard InChI is InChI=1S/C9H12N6O/c1-5(6-2-10-3-6)9-13-8(15-16-9)7-11-4-12-14-7/h4-6,10H,2-3H2,1H3,(H,11,12,14). The number of H-pyrrole nitrogens is 1. The summed E-state index contributed by atoms with van der Waals surface area (Å²) in [6, 6.07) is 0. The zero-order chi connectivity index (χ0) is 11.0. The Labute approximate surface area is 91.7 Å². The number of rotatable bonds is 3. The molecule has 1 atom stereocenters. The molecule has 0 aromatic carbocycles. The quantitative estimate of drug-likeness (QED) is 0.766. The molecule has 1 saturated heterocycles. The average molecular weight is 220 g/mol. The molecule has 2 aromatic heterocycles. The minimum Gasteiger partial charge on any atom is -0.339 e. The summed E-state index contributed by atoms with van der Waals surface area (Å²) in [4.78, 5) is 8.29. The molecule has 0 aliphatic carbocycles. The third-order valence-electron chi connectivity index (χ3n) is 2.98. The second-order valence-electron chi connectivity index (χ2n) is 4.00. The van der Waals surface area contributed by atoms with Gasteiger partial charge in [0.1, 0.15) is 6.33 Å². The summed E-state index contributed by atoms with van der Waals surface area (Å²) in [6.45, 7) is 4.13. The van der Waals surface area contributed by atoms with E-state index in [-0.39, 0.29) is 5.92 Å². The zero-order valence-corrected chi connectivity index (χ0v) is 8.84. The summed E-state index contributed by atoms with van der Waals surface area (Å²) in [5.41, 5.74) is 0. The molecule has 0 radical (unpaired) electrons. The number of nitrogens with one attached hydrogen (secondary N) is 2. The van der Waals surface area contributed by atoms with Gasteiger partial charge in [-0.15, -0.1) is 0 Å². The number of hydrogen-bond acceptors (Lipinski definition) is 6. The van der Waals surface area contributed by atoms with E-state index in [1.54, 1.807) is 0 Å². The first-order chi connectivity index (χ1) is 7.84. The molecule has 7 nitrogen and oxygen atoms in total. The Morgan fingerprint density at radius 1 is 1.50 bits per heavy atom. The molecule has 0 bridgehead atoms. The Morgan fingerprint density at radius 3 is 3.00 bits per heavy atom. The van der Waals surface area contributed by atoms with Gasteiger partial charge in [-0.05, 0) is 19.0 Å². The van der Waals surface area contributed by atoms with Gasteiger partial charge in [-0.25, -0.2) is 4.98 Å². The van der Waals surface area contributed by atoms with Crippen molar-refractivity contribution in [3.8, 4) is 11.6 Å². The molecule has 2 N–H and O–H groups in total. The minimum atomic E-state index is 0.283. The highest BCUT2D eigenvalue weighted by atomic mass is 16.5. The van der Waals surface area contributed by atoms with Crippen LogP contribution in [0.3, 0.4) is 0 Å². The molecule has 1 unspecified atom stereocenters. The number of nitrogens with zero attached hydrogens (tertiary/aromatic N) is 4. The lowest BCUT2D eigenvalue weighted by atomic mass is 9.89. The topological polar surface area (TPSA) is 92.5 Å². The minimum absolute atomic E-state index is 0.283. The van der Waals surface area contributed by atoms with E-state index in [4.69, 9.17) is 4.52 Å².